The van der Waals surface area contributed by atoms with E-state index in [1.807, 2.05) is 0 Å². The van der Waals surface area contributed by atoms with Crippen LogP contribution >= 0.6 is 0 Å². The summed E-state index contributed by atoms with van der Waals surface area (Å²) >= 11 is 0. The highest BCUT2D eigenvalue weighted by Crippen LogP contribution is 2.39. The smallest absolute Gasteiger partial charge is 0.431 e. The van der Waals surface area contributed by atoms with Crippen molar-refractivity contribution >= 4 is 23.0 Å². The fourth-order valence-electron chi connectivity index (χ4n) is 5.22. The van der Waals surface area contributed by atoms with Crippen molar-refractivity contribution < 1.29 is 57.1 Å². The highest BCUT2D eigenvalue weighted by molar-refractivity contribution is 5.99. The Morgan fingerprint density at radius 1 is 1.23 bits per heavy atom. The number of esters is 1. The Hall–Kier alpha value is -3.87. The molecule has 1 amide bonds. The van der Waals surface area contributed by atoms with E-state index in [4.69, 9.17) is 48.8 Å². The number of amides is 1. The number of rotatable bonds is 10. The number of terminal acetylenes is 1. The zero-order valence-corrected chi connectivity index (χ0v) is 25.2. The number of hydrogen-bond donors (Lipinski definition) is 2. The van der Waals surface area contributed by atoms with Crippen molar-refractivity contribution in [3.8, 4) is 23.8 Å². The first-order valence-corrected chi connectivity index (χ1v) is 14.1. The van der Waals surface area contributed by atoms with Crippen LogP contribution < -0.4 is 15.8 Å². The molecule has 2 aromatic rings. The number of fused-ring (bicyclic) bond motifs is 1. The second-order valence-electron chi connectivity index (χ2n) is 10.6. The van der Waals surface area contributed by atoms with Crippen molar-refractivity contribution in [2.45, 2.75) is 83.5 Å². The van der Waals surface area contributed by atoms with Gasteiger partial charge in [0.25, 0.3) is 0 Å². The van der Waals surface area contributed by atoms with Crippen molar-refractivity contribution in [1.82, 2.24) is 5.48 Å². The number of aryl methyl sites for hydroxylation is 1. The molecule has 1 aromatic heterocycles. The summed E-state index contributed by atoms with van der Waals surface area (Å²) in [6.45, 7) is 6.93. The van der Waals surface area contributed by atoms with E-state index >= 15 is 0 Å². The molecule has 0 saturated carbocycles. The molecule has 2 aliphatic heterocycles. The van der Waals surface area contributed by atoms with Crippen LogP contribution in [0.3, 0.4) is 0 Å². The third kappa shape index (κ3) is 7.09. The standard InChI is InChI=1S/C30H37NO13/c1-7-14-39-31-29(35)43-23-24(41-19-11-9-10-15-38-19)28(44-30(4,5)25(23)36-6)40-18-13-12-17-21(32)20(26(33)37-8-2)27(34)42-22(17)16(18)3/h1,12-13,19,23-25,28,32H,8-11,14-15H2,2-6H3,(H,31,35)/t19?,23-,24+,25+,28+/m0/s1. The zero-order chi connectivity index (χ0) is 32.0. The fraction of sp³-hybridized carbons (Fsp3) is 0.567. The molecular weight excluding hydrogens is 582 g/mol. The lowest BCUT2D eigenvalue weighted by atomic mass is 9.89. The van der Waals surface area contributed by atoms with Gasteiger partial charge in [0, 0.05) is 19.3 Å². The van der Waals surface area contributed by atoms with Gasteiger partial charge in [0.1, 0.15) is 29.8 Å². The zero-order valence-electron chi connectivity index (χ0n) is 25.2. The van der Waals surface area contributed by atoms with Gasteiger partial charge in [0.2, 0.25) is 6.29 Å². The number of aromatic hydroxyl groups is 1. The lowest BCUT2D eigenvalue weighted by Gasteiger charge is -2.49. The SMILES string of the molecule is C#CCONC(=O)O[C@H]1[C@@H](OC2CCCCO2)[C@H](Oc2ccc3c(O)c(C(=O)OCC)c(=O)oc3c2C)OC(C)(C)[C@@H]1OC. The van der Waals surface area contributed by atoms with Crippen LogP contribution in [0.25, 0.3) is 11.0 Å². The fourth-order valence-corrected chi connectivity index (χ4v) is 5.22. The van der Waals surface area contributed by atoms with Crippen LogP contribution in [0.1, 0.15) is 56.0 Å². The van der Waals surface area contributed by atoms with Crippen molar-refractivity contribution in [2.75, 3.05) is 26.9 Å². The highest BCUT2D eigenvalue weighted by Gasteiger charge is 2.55. The molecule has 14 heteroatoms. The summed E-state index contributed by atoms with van der Waals surface area (Å²) in [4.78, 5) is 42.5. The van der Waals surface area contributed by atoms with Crippen LogP contribution in [-0.4, -0.2) is 80.6 Å². The Balaban J connectivity index is 1.72. The molecule has 2 aliphatic rings. The van der Waals surface area contributed by atoms with E-state index in [1.165, 1.54) is 19.2 Å². The monoisotopic (exact) mass is 619 g/mol. The lowest BCUT2D eigenvalue weighted by molar-refractivity contribution is -0.338. The normalized spacial score (nSPS) is 24.7. The molecule has 2 saturated heterocycles. The molecule has 2 fully saturated rings. The first-order valence-electron chi connectivity index (χ1n) is 14.1. The molecule has 14 nitrogen and oxygen atoms in total. The summed E-state index contributed by atoms with van der Waals surface area (Å²) in [5, 5.41) is 10.9. The Kier molecular flexibility index (Phi) is 10.7. The number of benzene rings is 1. The van der Waals surface area contributed by atoms with E-state index in [2.05, 4.69) is 11.4 Å². The lowest BCUT2D eigenvalue weighted by Crippen LogP contribution is -2.66. The first-order chi connectivity index (χ1) is 21.0. The topological polar surface area (TPSA) is 170 Å². The van der Waals surface area contributed by atoms with E-state index in [9.17, 15) is 19.5 Å². The van der Waals surface area contributed by atoms with Crippen molar-refractivity contribution in [1.29, 1.82) is 0 Å². The van der Waals surface area contributed by atoms with E-state index < -0.39 is 65.5 Å². The maximum atomic E-state index is 12.7. The summed E-state index contributed by atoms with van der Waals surface area (Å²) in [7, 11) is 1.45. The van der Waals surface area contributed by atoms with Crippen LogP contribution in [0.15, 0.2) is 21.3 Å². The molecule has 2 N–H and O–H groups in total. The molecule has 0 bridgehead atoms. The summed E-state index contributed by atoms with van der Waals surface area (Å²) in [6, 6.07) is 2.93. The number of nitrogens with one attached hydrogen (secondary N) is 1. The molecule has 0 radical (unpaired) electrons. The molecule has 0 spiro atoms. The summed E-state index contributed by atoms with van der Waals surface area (Å²) in [5.74, 6) is 0.841. The van der Waals surface area contributed by atoms with E-state index in [1.54, 1.807) is 27.7 Å². The molecule has 0 aliphatic carbocycles. The van der Waals surface area contributed by atoms with Gasteiger partial charge in [-0.25, -0.2) is 14.4 Å². The third-order valence-electron chi connectivity index (χ3n) is 7.22. The Morgan fingerprint density at radius 3 is 2.66 bits per heavy atom. The highest BCUT2D eigenvalue weighted by atomic mass is 16.8. The quantitative estimate of drug-likeness (QED) is 0.131. The number of hydrogen-bond acceptors (Lipinski definition) is 13. The van der Waals surface area contributed by atoms with Crippen LogP contribution in [0.2, 0.25) is 0 Å². The number of carbonyl (C=O) groups excluding carboxylic acids is 2. The molecule has 44 heavy (non-hydrogen) atoms. The Labute approximate surface area is 253 Å². The van der Waals surface area contributed by atoms with Gasteiger partial charge in [0.05, 0.1) is 17.6 Å². The van der Waals surface area contributed by atoms with Gasteiger partial charge in [-0.15, -0.1) is 6.42 Å². The largest absolute Gasteiger partial charge is 0.506 e. The first kappa shape index (κ1) is 33.0. The van der Waals surface area contributed by atoms with Gasteiger partial charge in [-0.2, -0.15) is 5.48 Å². The third-order valence-corrected chi connectivity index (χ3v) is 7.22. The molecule has 1 aromatic carbocycles. The van der Waals surface area contributed by atoms with Gasteiger partial charge in [-0.3, -0.25) is 4.84 Å². The molecule has 3 heterocycles. The summed E-state index contributed by atoms with van der Waals surface area (Å²) in [6.07, 6.45) is 1.67. The molecule has 4 rings (SSSR count). The summed E-state index contributed by atoms with van der Waals surface area (Å²) in [5.41, 5.74) is -0.350. The number of carbonyl (C=O) groups is 2. The maximum absolute atomic E-state index is 12.7. The second kappa shape index (κ2) is 14.3. The Bertz CT molecular complexity index is 1440. The van der Waals surface area contributed by atoms with Gasteiger partial charge in [-0.1, -0.05) is 5.92 Å². The second-order valence-corrected chi connectivity index (χ2v) is 10.6. The van der Waals surface area contributed by atoms with Gasteiger partial charge in [-0.05, 0) is 59.1 Å². The van der Waals surface area contributed by atoms with Crippen molar-refractivity contribution in [3.63, 3.8) is 0 Å². The Morgan fingerprint density at radius 2 is 2.00 bits per heavy atom. The van der Waals surface area contributed by atoms with Crippen LogP contribution in [-0.2, 0) is 33.3 Å². The predicted octanol–water partition coefficient (Wildman–Crippen LogP) is 3.08. The number of hydroxylamine groups is 1. The predicted molar refractivity (Wildman–Crippen MR) is 152 cm³/mol. The van der Waals surface area contributed by atoms with Gasteiger partial charge in [0.15, 0.2) is 24.1 Å². The van der Waals surface area contributed by atoms with Crippen LogP contribution in [0.4, 0.5) is 4.79 Å². The van der Waals surface area contributed by atoms with Crippen LogP contribution in [0, 0.1) is 19.3 Å². The minimum absolute atomic E-state index is 0.00263. The molecule has 5 atom stereocenters. The van der Waals surface area contributed by atoms with Crippen LogP contribution in [0.5, 0.6) is 11.5 Å². The van der Waals surface area contributed by atoms with Gasteiger partial charge < -0.3 is 42.7 Å². The minimum Gasteiger partial charge on any atom is -0.506 e. The van der Waals surface area contributed by atoms with E-state index in [0.29, 0.717) is 18.6 Å². The average Bonchev–Trinajstić information content (AvgIpc) is 2.97. The number of methoxy groups -OCH3 is 1. The average molecular weight is 620 g/mol. The van der Waals surface area contributed by atoms with E-state index in [0.717, 1.165) is 12.8 Å². The summed E-state index contributed by atoms with van der Waals surface area (Å²) < 4.78 is 46.5. The molecule has 1 unspecified atom stereocenters. The molecule has 240 valence electrons. The molecular formula is C30H37NO13. The van der Waals surface area contributed by atoms with Crippen molar-refractivity contribution in [3.05, 3.63) is 33.7 Å². The maximum Gasteiger partial charge on any atom is 0.431 e. The van der Waals surface area contributed by atoms with Gasteiger partial charge >= 0.3 is 17.7 Å². The van der Waals surface area contributed by atoms with E-state index in [-0.39, 0.29) is 29.9 Å². The van der Waals surface area contributed by atoms with Crippen molar-refractivity contribution in [2.24, 2.45) is 0 Å². The minimum atomic E-state index is -1.21. The number of ether oxygens (including phenoxy) is 7.